The lowest BCUT2D eigenvalue weighted by Crippen LogP contribution is -2.48. The van der Waals surface area contributed by atoms with E-state index in [1.807, 2.05) is 0 Å². The Hall–Kier alpha value is -1.44. The van der Waals surface area contributed by atoms with Gasteiger partial charge >= 0.3 is 0 Å². The molecule has 1 amide bonds. The number of piperidine rings is 1. The molecule has 0 aromatic heterocycles. The van der Waals surface area contributed by atoms with Crippen LogP contribution < -0.4 is 15.4 Å². The topological polar surface area (TPSA) is 70.6 Å². The monoisotopic (exact) mass is 350 g/mol. The number of carbonyl (C=O) groups is 1. The van der Waals surface area contributed by atoms with E-state index in [0.717, 1.165) is 37.9 Å². The molecule has 1 fully saturated rings. The summed E-state index contributed by atoms with van der Waals surface area (Å²) in [6.07, 6.45) is 1.93. The molecule has 23 heavy (non-hydrogen) atoms. The van der Waals surface area contributed by atoms with Gasteiger partial charge in [0.1, 0.15) is 18.5 Å². The van der Waals surface area contributed by atoms with Crippen LogP contribution in [-0.2, 0) is 4.79 Å². The minimum Gasteiger partial charge on any atom is -0.491 e. The van der Waals surface area contributed by atoms with Crippen LogP contribution in [0.2, 0.25) is 0 Å². The van der Waals surface area contributed by atoms with Gasteiger partial charge in [0.05, 0.1) is 6.04 Å². The van der Waals surface area contributed by atoms with Crippen molar-refractivity contribution < 1.29 is 23.4 Å². The summed E-state index contributed by atoms with van der Waals surface area (Å²) < 4.78 is 30.9. The molecular formula is C15H21ClF2N2O3. The zero-order valence-corrected chi connectivity index (χ0v) is 13.4. The Morgan fingerprint density at radius 2 is 2.17 bits per heavy atom. The van der Waals surface area contributed by atoms with Crippen LogP contribution in [0.1, 0.15) is 19.3 Å². The van der Waals surface area contributed by atoms with Gasteiger partial charge in [-0.1, -0.05) is 6.42 Å². The van der Waals surface area contributed by atoms with Gasteiger partial charge < -0.3 is 20.5 Å². The summed E-state index contributed by atoms with van der Waals surface area (Å²) in [4.78, 5) is 11.8. The number of amides is 1. The number of hydrogen-bond acceptors (Lipinski definition) is 4. The van der Waals surface area contributed by atoms with Crippen LogP contribution in [0.25, 0.3) is 0 Å². The van der Waals surface area contributed by atoms with Gasteiger partial charge in [-0.25, -0.2) is 8.78 Å². The molecule has 8 heteroatoms. The third-order valence-corrected chi connectivity index (χ3v) is 3.47. The standard InChI is InChI=1S/C15H20F2N2O3.ClH/c16-12-5-4-11(7-13(12)17)22-9-10(20)8-19-15(21)14-3-1-2-6-18-14;/h4-5,7,10,14,18,20H,1-3,6,8-9H2,(H,19,21);1H. The van der Waals surface area contributed by atoms with E-state index in [1.165, 1.54) is 6.07 Å². The van der Waals surface area contributed by atoms with Gasteiger partial charge in [-0.05, 0) is 31.5 Å². The molecule has 1 heterocycles. The second kappa shape index (κ2) is 9.64. The van der Waals surface area contributed by atoms with E-state index in [0.29, 0.717) is 0 Å². The van der Waals surface area contributed by atoms with Crippen molar-refractivity contribution in [2.75, 3.05) is 19.7 Å². The summed E-state index contributed by atoms with van der Waals surface area (Å²) in [5.41, 5.74) is 0. The zero-order valence-electron chi connectivity index (χ0n) is 12.6. The number of halogens is 3. The Bertz CT molecular complexity index is 513. The summed E-state index contributed by atoms with van der Waals surface area (Å²) in [5.74, 6) is -1.99. The highest BCUT2D eigenvalue weighted by atomic mass is 35.5. The lowest BCUT2D eigenvalue weighted by Gasteiger charge is -2.23. The maximum atomic E-state index is 13.0. The summed E-state index contributed by atoms with van der Waals surface area (Å²) in [6.45, 7) is 0.740. The fraction of sp³-hybridized carbons (Fsp3) is 0.533. The van der Waals surface area contributed by atoms with Crippen molar-refractivity contribution >= 4 is 18.3 Å². The predicted octanol–water partition coefficient (Wildman–Crippen LogP) is 1.38. The average molecular weight is 351 g/mol. The van der Waals surface area contributed by atoms with Gasteiger partial charge in [0.2, 0.25) is 5.91 Å². The van der Waals surface area contributed by atoms with E-state index in [1.54, 1.807) is 0 Å². The molecule has 1 aromatic rings. The number of benzene rings is 1. The third-order valence-electron chi connectivity index (χ3n) is 3.47. The van der Waals surface area contributed by atoms with E-state index < -0.39 is 17.7 Å². The second-order valence-corrected chi connectivity index (χ2v) is 5.29. The smallest absolute Gasteiger partial charge is 0.237 e. The highest BCUT2D eigenvalue weighted by Crippen LogP contribution is 2.15. The van der Waals surface area contributed by atoms with Crippen molar-refractivity contribution in [1.82, 2.24) is 10.6 Å². The van der Waals surface area contributed by atoms with Crippen LogP contribution in [0, 0.1) is 11.6 Å². The van der Waals surface area contributed by atoms with E-state index in [4.69, 9.17) is 4.74 Å². The summed E-state index contributed by atoms with van der Waals surface area (Å²) >= 11 is 0. The highest BCUT2D eigenvalue weighted by molar-refractivity contribution is 5.85. The van der Waals surface area contributed by atoms with Crippen LogP contribution in [0.3, 0.4) is 0 Å². The van der Waals surface area contributed by atoms with Crippen LogP contribution in [0.5, 0.6) is 5.75 Å². The maximum Gasteiger partial charge on any atom is 0.237 e. The molecule has 0 radical (unpaired) electrons. The average Bonchev–Trinajstić information content (AvgIpc) is 2.54. The van der Waals surface area contributed by atoms with E-state index >= 15 is 0 Å². The van der Waals surface area contributed by atoms with Gasteiger partial charge in [0.25, 0.3) is 0 Å². The first-order valence-electron chi connectivity index (χ1n) is 7.33. The van der Waals surface area contributed by atoms with Crippen molar-refractivity contribution in [3.05, 3.63) is 29.8 Å². The number of aliphatic hydroxyl groups is 1. The van der Waals surface area contributed by atoms with E-state index in [-0.39, 0.29) is 43.3 Å². The first-order valence-corrected chi connectivity index (χ1v) is 7.33. The number of hydrogen-bond donors (Lipinski definition) is 3. The van der Waals surface area contributed by atoms with Gasteiger partial charge in [0.15, 0.2) is 11.6 Å². The number of carbonyl (C=O) groups excluding carboxylic acids is 1. The molecule has 1 aliphatic rings. The normalized spacial score (nSPS) is 18.7. The van der Waals surface area contributed by atoms with Gasteiger partial charge in [-0.2, -0.15) is 0 Å². The van der Waals surface area contributed by atoms with Crippen molar-refractivity contribution in [1.29, 1.82) is 0 Å². The Labute approximate surface area is 139 Å². The first-order chi connectivity index (χ1) is 10.6. The molecule has 2 atom stereocenters. The Morgan fingerprint density at radius 1 is 1.39 bits per heavy atom. The fourth-order valence-electron chi connectivity index (χ4n) is 2.24. The number of nitrogens with one attached hydrogen (secondary N) is 2. The Kier molecular flexibility index (Phi) is 8.22. The largest absolute Gasteiger partial charge is 0.491 e. The minimum absolute atomic E-state index is 0. The minimum atomic E-state index is -1.01. The SMILES string of the molecule is Cl.O=C(NCC(O)COc1ccc(F)c(F)c1)C1CCCCN1. The molecule has 5 nitrogen and oxygen atoms in total. The number of aliphatic hydroxyl groups excluding tert-OH is 1. The van der Waals surface area contributed by atoms with Crippen molar-refractivity contribution in [3.63, 3.8) is 0 Å². The van der Waals surface area contributed by atoms with Gasteiger partial charge in [0, 0.05) is 12.6 Å². The molecule has 1 aliphatic heterocycles. The summed E-state index contributed by atoms with van der Waals surface area (Å²) in [5, 5.41) is 15.5. The molecule has 3 N–H and O–H groups in total. The van der Waals surface area contributed by atoms with Gasteiger partial charge in [-0.3, -0.25) is 4.79 Å². The van der Waals surface area contributed by atoms with Crippen LogP contribution in [0.4, 0.5) is 8.78 Å². The molecule has 130 valence electrons. The van der Waals surface area contributed by atoms with E-state index in [9.17, 15) is 18.7 Å². The van der Waals surface area contributed by atoms with Crippen LogP contribution in [-0.4, -0.2) is 42.9 Å². The summed E-state index contributed by atoms with van der Waals surface area (Å²) in [7, 11) is 0. The molecule has 1 saturated heterocycles. The van der Waals surface area contributed by atoms with Gasteiger partial charge in [-0.15, -0.1) is 12.4 Å². The molecule has 0 spiro atoms. The molecule has 0 aliphatic carbocycles. The van der Waals surface area contributed by atoms with Crippen LogP contribution >= 0.6 is 12.4 Å². The quantitative estimate of drug-likeness (QED) is 0.725. The molecule has 2 rings (SSSR count). The molecule has 1 aromatic carbocycles. The van der Waals surface area contributed by atoms with Crippen molar-refractivity contribution in [2.24, 2.45) is 0 Å². The Balaban J connectivity index is 0.00000264. The Morgan fingerprint density at radius 3 is 2.83 bits per heavy atom. The van der Waals surface area contributed by atoms with Crippen molar-refractivity contribution in [2.45, 2.75) is 31.4 Å². The lowest BCUT2D eigenvalue weighted by molar-refractivity contribution is -0.124. The predicted molar refractivity (Wildman–Crippen MR) is 83.8 cm³/mol. The highest BCUT2D eigenvalue weighted by Gasteiger charge is 2.20. The molecule has 0 saturated carbocycles. The van der Waals surface area contributed by atoms with Crippen LogP contribution in [0.15, 0.2) is 18.2 Å². The molecular weight excluding hydrogens is 330 g/mol. The fourth-order valence-corrected chi connectivity index (χ4v) is 2.24. The van der Waals surface area contributed by atoms with Crippen molar-refractivity contribution in [3.8, 4) is 5.75 Å². The lowest BCUT2D eigenvalue weighted by atomic mass is 10.0. The number of rotatable bonds is 6. The second-order valence-electron chi connectivity index (χ2n) is 5.29. The third kappa shape index (κ3) is 6.29. The molecule has 2 unspecified atom stereocenters. The first kappa shape index (κ1) is 19.6. The molecule has 0 bridgehead atoms. The zero-order chi connectivity index (χ0) is 15.9. The summed E-state index contributed by atoms with van der Waals surface area (Å²) in [6, 6.07) is 2.92. The maximum absolute atomic E-state index is 13.0. The number of ether oxygens (including phenoxy) is 1. The van der Waals surface area contributed by atoms with E-state index in [2.05, 4.69) is 10.6 Å².